The van der Waals surface area contributed by atoms with Crippen molar-refractivity contribution in [3.63, 3.8) is 0 Å². The van der Waals surface area contributed by atoms with Crippen LogP contribution in [0.2, 0.25) is 4.34 Å². The molecule has 3 nitrogen and oxygen atoms in total. The third-order valence-corrected chi connectivity index (χ3v) is 5.53. The van der Waals surface area contributed by atoms with Crippen LogP contribution in [0.3, 0.4) is 0 Å². The third kappa shape index (κ3) is 2.96. The first-order valence-corrected chi connectivity index (χ1v) is 7.94. The lowest BCUT2D eigenvalue weighted by Gasteiger charge is -2.20. The van der Waals surface area contributed by atoms with Gasteiger partial charge in [0.15, 0.2) is 0 Å². The van der Waals surface area contributed by atoms with Gasteiger partial charge >= 0.3 is 0 Å². The van der Waals surface area contributed by atoms with Gasteiger partial charge in [0.1, 0.15) is 15.8 Å². The molecule has 2 aromatic rings. The summed E-state index contributed by atoms with van der Waals surface area (Å²) in [6.07, 6.45) is 0. The van der Waals surface area contributed by atoms with E-state index in [-0.39, 0.29) is 6.04 Å². The Labute approximate surface area is 136 Å². The summed E-state index contributed by atoms with van der Waals surface area (Å²) in [5, 5.41) is 3.30. The number of hydrogen-bond donors (Lipinski definition) is 1. The van der Waals surface area contributed by atoms with Gasteiger partial charge < -0.3 is 14.8 Å². The SMILES string of the molecule is CNC(c1cc(Br)c(Cl)s1)c1c(OC)cccc1OC. The Balaban J connectivity index is 2.56. The predicted octanol–water partition coefficient (Wildman–Crippen LogP) is 4.49. The van der Waals surface area contributed by atoms with Crippen LogP contribution in [0.25, 0.3) is 0 Å². The van der Waals surface area contributed by atoms with Gasteiger partial charge in [0, 0.05) is 9.35 Å². The van der Waals surface area contributed by atoms with Gasteiger partial charge in [-0.25, -0.2) is 0 Å². The Morgan fingerprint density at radius 3 is 2.25 bits per heavy atom. The topological polar surface area (TPSA) is 30.5 Å². The second-order valence-corrected chi connectivity index (χ2v) is 6.61. The van der Waals surface area contributed by atoms with Crippen molar-refractivity contribution in [3.8, 4) is 11.5 Å². The molecule has 1 unspecified atom stereocenters. The van der Waals surface area contributed by atoms with Gasteiger partial charge in [0.2, 0.25) is 0 Å². The van der Waals surface area contributed by atoms with Crippen LogP contribution < -0.4 is 14.8 Å². The van der Waals surface area contributed by atoms with Gasteiger partial charge in [-0.15, -0.1) is 11.3 Å². The van der Waals surface area contributed by atoms with Crippen molar-refractivity contribution in [2.75, 3.05) is 21.3 Å². The second-order valence-electron chi connectivity index (χ2n) is 4.07. The maximum absolute atomic E-state index is 6.15. The average molecular weight is 377 g/mol. The maximum Gasteiger partial charge on any atom is 0.127 e. The molecule has 0 radical (unpaired) electrons. The quantitative estimate of drug-likeness (QED) is 0.834. The lowest BCUT2D eigenvalue weighted by Crippen LogP contribution is -2.18. The van der Waals surface area contributed by atoms with Crippen molar-refractivity contribution >= 4 is 38.9 Å². The summed E-state index contributed by atoms with van der Waals surface area (Å²) in [7, 11) is 5.21. The zero-order valence-electron chi connectivity index (χ0n) is 11.4. The molecule has 0 spiro atoms. The molecule has 1 heterocycles. The van der Waals surface area contributed by atoms with E-state index < -0.39 is 0 Å². The first-order valence-electron chi connectivity index (χ1n) is 5.95. The molecule has 0 aliphatic heterocycles. The van der Waals surface area contributed by atoms with Crippen LogP contribution in [0.15, 0.2) is 28.7 Å². The van der Waals surface area contributed by atoms with E-state index in [2.05, 4.69) is 21.2 Å². The highest BCUT2D eigenvalue weighted by Gasteiger charge is 2.23. The molecule has 0 bridgehead atoms. The van der Waals surface area contributed by atoms with E-state index in [1.165, 1.54) is 11.3 Å². The second kappa shape index (κ2) is 6.80. The lowest BCUT2D eigenvalue weighted by atomic mass is 10.0. The minimum absolute atomic E-state index is 0.0464. The summed E-state index contributed by atoms with van der Waals surface area (Å²) in [5.74, 6) is 1.56. The van der Waals surface area contributed by atoms with E-state index in [9.17, 15) is 0 Å². The van der Waals surface area contributed by atoms with Crippen LogP contribution in [0.1, 0.15) is 16.5 Å². The number of rotatable bonds is 5. The summed E-state index contributed by atoms with van der Waals surface area (Å²) in [4.78, 5) is 1.09. The monoisotopic (exact) mass is 375 g/mol. The molecular weight excluding hydrogens is 362 g/mol. The number of benzene rings is 1. The first kappa shape index (κ1) is 15.6. The number of hydrogen-bond acceptors (Lipinski definition) is 4. The first-order chi connectivity index (χ1) is 9.62. The van der Waals surface area contributed by atoms with Gasteiger partial charge in [-0.2, -0.15) is 0 Å². The molecule has 1 N–H and O–H groups in total. The molecule has 1 atom stereocenters. The van der Waals surface area contributed by atoms with Crippen LogP contribution in [-0.2, 0) is 0 Å². The fourth-order valence-electron chi connectivity index (χ4n) is 2.10. The highest BCUT2D eigenvalue weighted by molar-refractivity contribution is 9.10. The number of nitrogens with one attached hydrogen (secondary N) is 1. The van der Waals surface area contributed by atoms with Crippen LogP contribution >= 0.6 is 38.9 Å². The predicted molar refractivity (Wildman–Crippen MR) is 87.5 cm³/mol. The van der Waals surface area contributed by atoms with Crippen molar-refractivity contribution in [3.05, 3.63) is 43.5 Å². The molecule has 6 heteroatoms. The zero-order valence-corrected chi connectivity index (χ0v) is 14.5. The Morgan fingerprint density at radius 2 is 1.85 bits per heavy atom. The molecule has 2 rings (SSSR count). The van der Waals surface area contributed by atoms with Crippen molar-refractivity contribution in [2.24, 2.45) is 0 Å². The molecular formula is C14H15BrClNO2S. The molecule has 1 aromatic carbocycles. The van der Waals surface area contributed by atoms with Gasteiger partial charge in [0.25, 0.3) is 0 Å². The third-order valence-electron chi connectivity index (χ3n) is 2.99. The van der Waals surface area contributed by atoms with E-state index in [4.69, 9.17) is 21.1 Å². The van der Waals surface area contributed by atoms with Crippen molar-refractivity contribution in [2.45, 2.75) is 6.04 Å². The Kier molecular flexibility index (Phi) is 5.32. The van der Waals surface area contributed by atoms with Crippen LogP contribution in [0.5, 0.6) is 11.5 Å². The van der Waals surface area contributed by atoms with E-state index >= 15 is 0 Å². The molecule has 1 aromatic heterocycles. The fourth-order valence-corrected chi connectivity index (χ4v) is 3.96. The molecule has 108 valence electrons. The average Bonchev–Trinajstić information content (AvgIpc) is 2.79. The minimum Gasteiger partial charge on any atom is -0.496 e. The number of ether oxygens (including phenoxy) is 2. The summed E-state index contributed by atoms with van der Waals surface area (Å²) in [5.41, 5.74) is 0.963. The smallest absolute Gasteiger partial charge is 0.127 e. The molecule has 0 amide bonds. The number of halogens is 2. The number of methoxy groups -OCH3 is 2. The van der Waals surface area contributed by atoms with Gasteiger partial charge in [-0.1, -0.05) is 17.7 Å². The molecule has 20 heavy (non-hydrogen) atoms. The molecule has 0 aliphatic rings. The zero-order chi connectivity index (χ0) is 14.7. The van der Waals surface area contributed by atoms with Crippen molar-refractivity contribution in [1.82, 2.24) is 5.32 Å². The highest BCUT2D eigenvalue weighted by atomic mass is 79.9. The maximum atomic E-state index is 6.15. The molecule has 0 aliphatic carbocycles. The van der Waals surface area contributed by atoms with E-state index in [0.717, 1.165) is 30.7 Å². The van der Waals surface area contributed by atoms with Crippen molar-refractivity contribution < 1.29 is 9.47 Å². The normalized spacial score (nSPS) is 12.2. The van der Waals surface area contributed by atoms with Crippen LogP contribution in [0, 0.1) is 0 Å². The largest absolute Gasteiger partial charge is 0.496 e. The van der Waals surface area contributed by atoms with E-state index in [0.29, 0.717) is 0 Å². The van der Waals surface area contributed by atoms with E-state index in [1.807, 2.05) is 31.3 Å². The fraction of sp³-hybridized carbons (Fsp3) is 0.286. The molecule has 0 saturated heterocycles. The standard InChI is InChI=1S/C14H15BrClNO2S/c1-17-13(11-7-8(15)14(16)20-11)12-9(18-2)5-4-6-10(12)19-3/h4-7,13,17H,1-3H3. The van der Waals surface area contributed by atoms with Gasteiger partial charge in [-0.3, -0.25) is 0 Å². The molecule has 0 saturated carbocycles. The summed E-state index contributed by atoms with van der Waals surface area (Å²) >= 11 is 11.1. The van der Waals surface area contributed by atoms with Gasteiger partial charge in [0.05, 0.1) is 25.8 Å². The Bertz CT molecular complexity index is 561. The Hall–Kier alpha value is -0.750. The highest BCUT2D eigenvalue weighted by Crippen LogP contribution is 2.42. The summed E-state index contributed by atoms with van der Waals surface area (Å²) in [6, 6.07) is 7.72. The minimum atomic E-state index is -0.0464. The lowest BCUT2D eigenvalue weighted by molar-refractivity contribution is 0.379. The van der Waals surface area contributed by atoms with Crippen LogP contribution in [-0.4, -0.2) is 21.3 Å². The Morgan fingerprint density at radius 1 is 1.25 bits per heavy atom. The van der Waals surface area contributed by atoms with E-state index in [1.54, 1.807) is 14.2 Å². The molecule has 0 fully saturated rings. The van der Waals surface area contributed by atoms with Crippen molar-refractivity contribution in [1.29, 1.82) is 0 Å². The van der Waals surface area contributed by atoms with Crippen LogP contribution in [0.4, 0.5) is 0 Å². The summed E-state index contributed by atoms with van der Waals surface area (Å²) < 4.78 is 12.6. The van der Waals surface area contributed by atoms with Gasteiger partial charge in [-0.05, 0) is 41.2 Å². The number of thiophene rings is 1. The summed E-state index contributed by atoms with van der Waals surface area (Å²) in [6.45, 7) is 0.